The first-order valence-corrected chi connectivity index (χ1v) is 5.41. The average Bonchev–Trinajstić information content (AvgIpc) is 2.31. The van der Waals surface area contributed by atoms with Gasteiger partial charge in [-0.3, -0.25) is 14.9 Å². The van der Waals surface area contributed by atoms with E-state index >= 15 is 0 Å². The van der Waals surface area contributed by atoms with E-state index < -0.39 is 28.2 Å². The van der Waals surface area contributed by atoms with Crippen molar-refractivity contribution in [2.75, 3.05) is 6.61 Å². The maximum Gasteiger partial charge on any atom is 0.309 e. The molecule has 0 fully saturated rings. The molecule has 1 aromatic rings. The van der Waals surface area contributed by atoms with Crippen LogP contribution >= 0.6 is 0 Å². The summed E-state index contributed by atoms with van der Waals surface area (Å²) in [5, 5.41) is 10.5. The van der Waals surface area contributed by atoms with Gasteiger partial charge in [-0.25, -0.2) is 4.39 Å². The van der Waals surface area contributed by atoms with E-state index in [9.17, 15) is 23.7 Å². The van der Waals surface area contributed by atoms with Crippen LogP contribution in [0.2, 0.25) is 0 Å². The predicted molar refractivity (Wildman–Crippen MR) is 63.3 cm³/mol. The number of ether oxygens (including phenoxy) is 1. The van der Waals surface area contributed by atoms with Gasteiger partial charge in [0, 0.05) is 17.7 Å². The molecule has 0 unspecified atom stereocenters. The fourth-order valence-corrected chi connectivity index (χ4v) is 1.32. The van der Waals surface area contributed by atoms with Crippen LogP contribution in [0.15, 0.2) is 18.2 Å². The number of hydrogen-bond acceptors (Lipinski definition) is 4. The number of nitrogens with zero attached hydrogens (tertiary/aromatic N) is 1. The average molecular weight is 271 g/mol. The van der Waals surface area contributed by atoms with Gasteiger partial charge in [0.1, 0.15) is 5.82 Å². The van der Waals surface area contributed by atoms with E-state index in [0.29, 0.717) is 6.07 Å². The predicted octanol–water partition coefficient (Wildman–Crippen LogP) is 2.84. The van der Waals surface area contributed by atoms with Gasteiger partial charge >= 0.3 is 11.7 Å². The summed E-state index contributed by atoms with van der Waals surface area (Å²) >= 11 is 0. The number of nitro groups is 1. The Morgan fingerprint density at radius 2 is 2.11 bits per heavy atom. The van der Waals surface area contributed by atoms with Crippen LogP contribution in [0.4, 0.5) is 14.5 Å². The molecule has 0 atom stereocenters. The Balaban J connectivity index is 2.89. The third-order valence-electron chi connectivity index (χ3n) is 2.15. The molecule has 19 heavy (non-hydrogen) atoms. The molecule has 0 aliphatic carbocycles. The third-order valence-corrected chi connectivity index (χ3v) is 2.15. The number of rotatable bonds is 5. The van der Waals surface area contributed by atoms with E-state index in [2.05, 4.69) is 4.74 Å². The Labute approximate surface area is 107 Å². The molecule has 1 aromatic carbocycles. The second-order valence-electron chi connectivity index (χ2n) is 3.49. The van der Waals surface area contributed by atoms with Crippen molar-refractivity contribution in [3.8, 4) is 0 Å². The molecule has 0 spiro atoms. The number of carbonyl (C=O) groups is 1. The lowest BCUT2D eigenvalue weighted by atomic mass is 10.1. The second-order valence-corrected chi connectivity index (χ2v) is 3.49. The van der Waals surface area contributed by atoms with Gasteiger partial charge in [0.05, 0.1) is 18.0 Å². The molecule has 0 N–H and O–H groups in total. The van der Waals surface area contributed by atoms with Crippen LogP contribution in [0, 0.1) is 21.7 Å². The molecule has 0 aliphatic heterocycles. The first-order valence-electron chi connectivity index (χ1n) is 5.41. The lowest BCUT2D eigenvalue weighted by Crippen LogP contribution is -2.01. The van der Waals surface area contributed by atoms with Crippen LogP contribution in [-0.2, 0) is 9.53 Å². The smallest absolute Gasteiger partial charge is 0.309 e. The normalized spacial score (nSPS) is 10.7. The van der Waals surface area contributed by atoms with Crippen LogP contribution in [0.3, 0.4) is 0 Å². The standard InChI is InChI=1S/C12H11F2NO4/c1-2-19-12(16)5-3-4-8-6-11(15(17)18)10(14)7-9(8)13/h3-4,6-7H,2,5H2,1H3. The number of hydrogen-bond donors (Lipinski definition) is 0. The van der Waals surface area contributed by atoms with Crippen LogP contribution in [0.1, 0.15) is 18.9 Å². The fourth-order valence-electron chi connectivity index (χ4n) is 1.32. The summed E-state index contributed by atoms with van der Waals surface area (Å²) in [7, 11) is 0. The molecule has 0 amide bonds. The summed E-state index contributed by atoms with van der Waals surface area (Å²) in [6.45, 7) is 1.87. The van der Waals surface area contributed by atoms with Crippen molar-refractivity contribution in [1.29, 1.82) is 0 Å². The number of carbonyl (C=O) groups excluding carboxylic acids is 1. The minimum Gasteiger partial charge on any atom is -0.466 e. The molecule has 0 heterocycles. The Morgan fingerprint density at radius 1 is 1.42 bits per heavy atom. The summed E-state index contributed by atoms with van der Waals surface area (Å²) in [6, 6.07) is 1.20. The van der Waals surface area contributed by atoms with Crippen molar-refractivity contribution < 1.29 is 23.2 Å². The molecule has 0 saturated carbocycles. The number of esters is 1. The molecule has 7 heteroatoms. The molecule has 0 radical (unpaired) electrons. The summed E-state index contributed by atoms with van der Waals surface area (Å²) in [5.41, 5.74) is -0.991. The molecule has 1 rings (SSSR count). The molecular weight excluding hydrogens is 260 g/mol. The van der Waals surface area contributed by atoms with Gasteiger partial charge in [0.15, 0.2) is 0 Å². The maximum absolute atomic E-state index is 13.3. The SMILES string of the molecule is CCOC(=O)CC=Cc1cc([N+](=O)[O-])c(F)cc1F. The minimum absolute atomic E-state index is 0.0988. The van der Waals surface area contributed by atoms with Crippen molar-refractivity contribution in [3.63, 3.8) is 0 Å². The summed E-state index contributed by atoms with van der Waals surface area (Å²) in [4.78, 5) is 20.6. The summed E-state index contributed by atoms with van der Waals surface area (Å²) in [5.74, 6) is -2.69. The Hall–Kier alpha value is -2.31. The van der Waals surface area contributed by atoms with E-state index in [1.165, 1.54) is 12.2 Å². The van der Waals surface area contributed by atoms with Gasteiger partial charge in [-0.2, -0.15) is 4.39 Å². The maximum atomic E-state index is 13.3. The molecule has 0 aliphatic rings. The van der Waals surface area contributed by atoms with E-state index in [4.69, 9.17) is 0 Å². The monoisotopic (exact) mass is 271 g/mol. The zero-order chi connectivity index (χ0) is 14.4. The molecular formula is C12H11F2NO4. The van der Waals surface area contributed by atoms with Crippen molar-refractivity contribution in [3.05, 3.63) is 45.5 Å². The van der Waals surface area contributed by atoms with E-state index in [1.807, 2.05) is 0 Å². The Morgan fingerprint density at radius 3 is 2.68 bits per heavy atom. The first-order chi connectivity index (χ1) is 8.95. The van der Waals surface area contributed by atoms with E-state index in [-0.39, 0.29) is 18.6 Å². The fraction of sp³-hybridized carbons (Fsp3) is 0.250. The van der Waals surface area contributed by atoms with Gasteiger partial charge in [0.25, 0.3) is 0 Å². The molecule has 0 saturated heterocycles. The quantitative estimate of drug-likeness (QED) is 0.469. The number of halogens is 2. The molecule has 0 aromatic heterocycles. The van der Waals surface area contributed by atoms with Crippen molar-refractivity contribution in [1.82, 2.24) is 0 Å². The summed E-state index contributed by atoms with van der Waals surface area (Å²) in [6.07, 6.45) is 2.36. The van der Waals surface area contributed by atoms with Gasteiger partial charge in [-0.1, -0.05) is 12.2 Å². The second kappa shape index (κ2) is 6.58. The van der Waals surface area contributed by atoms with Crippen molar-refractivity contribution in [2.45, 2.75) is 13.3 Å². The lowest BCUT2D eigenvalue weighted by Gasteiger charge is -2.00. The molecule has 5 nitrogen and oxygen atoms in total. The van der Waals surface area contributed by atoms with Gasteiger partial charge in [0.2, 0.25) is 5.82 Å². The zero-order valence-electron chi connectivity index (χ0n) is 10.1. The zero-order valence-corrected chi connectivity index (χ0v) is 10.1. The topological polar surface area (TPSA) is 69.4 Å². The highest BCUT2D eigenvalue weighted by Crippen LogP contribution is 2.22. The van der Waals surface area contributed by atoms with Gasteiger partial charge < -0.3 is 4.74 Å². The molecule has 102 valence electrons. The Bertz CT molecular complexity index is 529. The third kappa shape index (κ3) is 4.13. The lowest BCUT2D eigenvalue weighted by molar-refractivity contribution is -0.387. The van der Waals surface area contributed by atoms with Gasteiger partial charge in [-0.05, 0) is 6.92 Å². The van der Waals surface area contributed by atoms with Crippen LogP contribution in [0.5, 0.6) is 0 Å². The van der Waals surface area contributed by atoms with Crippen molar-refractivity contribution >= 4 is 17.7 Å². The minimum atomic E-state index is -1.25. The number of nitro benzene ring substituents is 1. The van der Waals surface area contributed by atoms with E-state index in [1.54, 1.807) is 6.92 Å². The van der Waals surface area contributed by atoms with Crippen molar-refractivity contribution in [2.24, 2.45) is 0 Å². The highest BCUT2D eigenvalue weighted by molar-refractivity contribution is 5.72. The van der Waals surface area contributed by atoms with Crippen LogP contribution in [-0.4, -0.2) is 17.5 Å². The summed E-state index contributed by atoms with van der Waals surface area (Å²) < 4.78 is 31.0. The first kappa shape index (κ1) is 14.7. The van der Waals surface area contributed by atoms with Gasteiger partial charge in [-0.15, -0.1) is 0 Å². The highest BCUT2D eigenvalue weighted by atomic mass is 19.1. The van der Waals surface area contributed by atoms with E-state index in [0.717, 1.165) is 6.07 Å². The largest absolute Gasteiger partial charge is 0.466 e. The molecule has 0 bridgehead atoms. The van der Waals surface area contributed by atoms with Crippen LogP contribution < -0.4 is 0 Å². The highest BCUT2D eigenvalue weighted by Gasteiger charge is 2.17. The number of benzene rings is 1. The Kier molecular flexibility index (Phi) is 5.11. The van der Waals surface area contributed by atoms with Crippen LogP contribution in [0.25, 0.3) is 6.08 Å².